The summed E-state index contributed by atoms with van der Waals surface area (Å²) in [6.45, 7) is 0. The maximum atomic E-state index is 5.50. The van der Waals surface area contributed by atoms with Gasteiger partial charge in [0.25, 0.3) is 0 Å². The van der Waals surface area contributed by atoms with Crippen molar-refractivity contribution in [3.63, 3.8) is 0 Å². The van der Waals surface area contributed by atoms with Crippen LogP contribution < -0.4 is 0 Å². The number of hydrogen-bond donors (Lipinski definition) is 0. The van der Waals surface area contributed by atoms with E-state index in [9.17, 15) is 0 Å². The van der Waals surface area contributed by atoms with Crippen LogP contribution in [0.3, 0.4) is 0 Å². The van der Waals surface area contributed by atoms with Crippen LogP contribution in [0.15, 0.2) is 42.5 Å². The van der Waals surface area contributed by atoms with Crippen molar-refractivity contribution in [2.24, 2.45) is 0 Å². The van der Waals surface area contributed by atoms with Gasteiger partial charge in [-0.05, 0) is 22.9 Å². The monoisotopic (exact) mass is 200 g/mol. The molecule has 0 heterocycles. The van der Waals surface area contributed by atoms with E-state index < -0.39 is 0 Å². The average Bonchev–Trinajstić information content (AvgIpc) is 2.26. The van der Waals surface area contributed by atoms with E-state index >= 15 is 0 Å². The fraction of sp³-hybridized carbons (Fsp3) is 0.0769. The van der Waals surface area contributed by atoms with Gasteiger partial charge in [0.1, 0.15) is 0 Å². The molecule has 0 atom stereocenters. The SMILES string of the molecule is ClCC#Cc1ccc2ccccc2c1. The molecule has 0 unspecified atom stereocenters. The highest BCUT2D eigenvalue weighted by Crippen LogP contribution is 2.14. The molecule has 0 nitrogen and oxygen atoms in total. The molecule has 68 valence electrons. The second kappa shape index (κ2) is 4.17. The summed E-state index contributed by atoms with van der Waals surface area (Å²) >= 11 is 5.50. The van der Waals surface area contributed by atoms with Crippen molar-refractivity contribution in [2.75, 3.05) is 5.88 Å². The van der Waals surface area contributed by atoms with E-state index in [2.05, 4.69) is 36.1 Å². The van der Waals surface area contributed by atoms with Crippen LogP contribution in [-0.4, -0.2) is 5.88 Å². The van der Waals surface area contributed by atoms with Crippen molar-refractivity contribution in [2.45, 2.75) is 0 Å². The van der Waals surface area contributed by atoms with E-state index in [-0.39, 0.29) is 0 Å². The Morgan fingerprint density at radius 1 is 1.00 bits per heavy atom. The molecule has 0 radical (unpaired) electrons. The Morgan fingerprint density at radius 3 is 2.57 bits per heavy atom. The van der Waals surface area contributed by atoms with Crippen LogP contribution in [0.5, 0.6) is 0 Å². The molecular weight excluding hydrogens is 192 g/mol. The fourth-order valence-corrected chi connectivity index (χ4v) is 1.47. The van der Waals surface area contributed by atoms with Crippen molar-refractivity contribution in [3.8, 4) is 11.8 Å². The summed E-state index contributed by atoms with van der Waals surface area (Å²) in [7, 11) is 0. The number of benzene rings is 2. The van der Waals surface area contributed by atoms with Gasteiger partial charge in [0.05, 0.1) is 5.88 Å². The van der Waals surface area contributed by atoms with Crippen molar-refractivity contribution >= 4 is 22.4 Å². The highest BCUT2D eigenvalue weighted by molar-refractivity contribution is 6.19. The molecule has 14 heavy (non-hydrogen) atoms. The van der Waals surface area contributed by atoms with E-state index in [1.54, 1.807) is 0 Å². The number of alkyl halides is 1. The Morgan fingerprint density at radius 2 is 1.79 bits per heavy atom. The zero-order valence-electron chi connectivity index (χ0n) is 7.63. The third-order valence-electron chi connectivity index (χ3n) is 2.05. The Balaban J connectivity index is 2.51. The van der Waals surface area contributed by atoms with Crippen LogP contribution in [0.4, 0.5) is 0 Å². The zero-order chi connectivity index (χ0) is 9.80. The first-order chi connectivity index (χ1) is 6.90. The van der Waals surface area contributed by atoms with Crippen LogP contribution in [0, 0.1) is 11.8 Å². The van der Waals surface area contributed by atoms with Crippen LogP contribution in [0.2, 0.25) is 0 Å². The number of rotatable bonds is 0. The number of fused-ring (bicyclic) bond motifs is 1. The number of halogens is 1. The normalized spacial score (nSPS) is 9.50. The van der Waals surface area contributed by atoms with E-state index in [1.807, 2.05) is 18.2 Å². The lowest BCUT2D eigenvalue weighted by Crippen LogP contribution is -1.76. The predicted octanol–water partition coefficient (Wildman–Crippen LogP) is 3.43. The van der Waals surface area contributed by atoms with Gasteiger partial charge in [-0.1, -0.05) is 42.2 Å². The van der Waals surface area contributed by atoms with Gasteiger partial charge in [-0.3, -0.25) is 0 Å². The lowest BCUT2D eigenvalue weighted by atomic mass is 10.1. The Labute approximate surface area is 88.5 Å². The molecule has 0 saturated carbocycles. The van der Waals surface area contributed by atoms with Crippen molar-refractivity contribution in [1.29, 1.82) is 0 Å². The van der Waals surface area contributed by atoms with Gasteiger partial charge in [-0.25, -0.2) is 0 Å². The first kappa shape index (κ1) is 9.12. The van der Waals surface area contributed by atoms with Gasteiger partial charge in [0, 0.05) is 5.56 Å². The van der Waals surface area contributed by atoms with Gasteiger partial charge >= 0.3 is 0 Å². The van der Waals surface area contributed by atoms with Gasteiger partial charge in [-0.2, -0.15) is 0 Å². The molecular formula is C13H9Cl. The maximum absolute atomic E-state index is 5.50. The van der Waals surface area contributed by atoms with Crippen LogP contribution in [-0.2, 0) is 0 Å². The first-order valence-corrected chi connectivity index (χ1v) is 4.97. The van der Waals surface area contributed by atoms with E-state index in [0.29, 0.717) is 5.88 Å². The summed E-state index contributed by atoms with van der Waals surface area (Å²) in [5.74, 6) is 6.23. The molecule has 0 amide bonds. The molecule has 0 fully saturated rings. The smallest absolute Gasteiger partial charge is 0.0839 e. The van der Waals surface area contributed by atoms with Crippen LogP contribution in [0.25, 0.3) is 10.8 Å². The summed E-state index contributed by atoms with van der Waals surface area (Å²) in [4.78, 5) is 0. The molecule has 0 N–H and O–H groups in total. The molecule has 2 rings (SSSR count). The predicted molar refractivity (Wildman–Crippen MR) is 61.5 cm³/mol. The Kier molecular flexibility index (Phi) is 2.72. The summed E-state index contributed by atoms with van der Waals surface area (Å²) < 4.78 is 0. The minimum atomic E-state index is 0.382. The topological polar surface area (TPSA) is 0 Å². The third kappa shape index (κ3) is 1.89. The van der Waals surface area contributed by atoms with Crippen molar-refractivity contribution in [1.82, 2.24) is 0 Å². The minimum absolute atomic E-state index is 0.382. The molecule has 2 aromatic carbocycles. The molecule has 1 heteroatoms. The summed E-state index contributed by atoms with van der Waals surface area (Å²) in [6.07, 6.45) is 0. The third-order valence-corrected chi connectivity index (χ3v) is 2.18. The lowest BCUT2D eigenvalue weighted by molar-refractivity contribution is 1.69. The average molecular weight is 201 g/mol. The fourth-order valence-electron chi connectivity index (χ4n) is 1.40. The Hall–Kier alpha value is -1.45. The maximum Gasteiger partial charge on any atom is 0.0839 e. The quantitative estimate of drug-likeness (QED) is 0.452. The zero-order valence-corrected chi connectivity index (χ0v) is 8.38. The lowest BCUT2D eigenvalue weighted by Gasteiger charge is -1.96. The molecule has 0 aliphatic heterocycles. The van der Waals surface area contributed by atoms with E-state index in [1.165, 1.54) is 10.8 Å². The largest absolute Gasteiger partial charge is 0.113 e. The molecule has 0 saturated heterocycles. The molecule has 0 spiro atoms. The Bertz CT molecular complexity index is 503. The van der Waals surface area contributed by atoms with E-state index in [0.717, 1.165) is 5.56 Å². The van der Waals surface area contributed by atoms with Gasteiger partial charge in [-0.15, -0.1) is 11.6 Å². The van der Waals surface area contributed by atoms with Gasteiger partial charge in [0.15, 0.2) is 0 Å². The highest BCUT2D eigenvalue weighted by Gasteiger charge is 1.91. The molecule has 0 bridgehead atoms. The highest BCUT2D eigenvalue weighted by atomic mass is 35.5. The van der Waals surface area contributed by atoms with Crippen molar-refractivity contribution < 1.29 is 0 Å². The van der Waals surface area contributed by atoms with E-state index in [4.69, 9.17) is 11.6 Å². The summed E-state index contributed by atoms with van der Waals surface area (Å²) in [5.41, 5.74) is 1.02. The minimum Gasteiger partial charge on any atom is -0.113 e. The molecule has 0 aliphatic rings. The second-order valence-corrected chi connectivity index (χ2v) is 3.26. The molecule has 2 aromatic rings. The van der Waals surface area contributed by atoms with Crippen LogP contribution >= 0.6 is 11.6 Å². The summed E-state index contributed by atoms with van der Waals surface area (Å²) in [5, 5.41) is 2.46. The van der Waals surface area contributed by atoms with Crippen LogP contribution in [0.1, 0.15) is 5.56 Å². The second-order valence-electron chi connectivity index (χ2n) is 3.00. The molecule has 0 aromatic heterocycles. The molecule has 0 aliphatic carbocycles. The standard InChI is InChI=1S/C13H9Cl/c14-9-3-4-11-7-8-12-5-1-2-6-13(12)10-11/h1-2,5-8,10H,9H2. The van der Waals surface area contributed by atoms with Gasteiger partial charge in [0.2, 0.25) is 0 Å². The number of hydrogen-bond acceptors (Lipinski definition) is 0. The first-order valence-electron chi connectivity index (χ1n) is 4.44. The summed E-state index contributed by atoms with van der Waals surface area (Å²) in [6, 6.07) is 14.4. The van der Waals surface area contributed by atoms with Gasteiger partial charge < -0.3 is 0 Å². The van der Waals surface area contributed by atoms with Crippen molar-refractivity contribution in [3.05, 3.63) is 48.0 Å².